The van der Waals surface area contributed by atoms with Gasteiger partial charge in [0.05, 0.1) is 4.47 Å². The predicted molar refractivity (Wildman–Crippen MR) is 74.7 cm³/mol. The molecule has 0 aromatic carbocycles. The summed E-state index contributed by atoms with van der Waals surface area (Å²) < 4.78 is 0.830. The largest absolute Gasteiger partial charge is 0.368 e. The van der Waals surface area contributed by atoms with Gasteiger partial charge in [-0.15, -0.1) is 0 Å². The summed E-state index contributed by atoms with van der Waals surface area (Å²) in [5.41, 5.74) is 2.63. The van der Waals surface area contributed by atoms with Crippen LogP contribution in [0.3, 0.4) is 0 Å². The van der Waals surface area contributed by atoms with Crippen LogP contribution in [-0.4, -0.2) is 16.5 Å². The highest BCUT2D eigenvalue weighted by atomic mass is 79.9. The van der Waals surface area contributed by atoms with Gasteiger partial charge in [0.25, 0.3) is 0 Å². The first-order chi connectivity index (χ1) is 7.86. The number of nitrogens with one attached hydrogen (secondary N) is 2. The van der Waals surface area contributed by atoms with E-state index < -0.39 is 0 Å². The molecule has 17 heavy (non-hydrogen) atoms. The monoisotopic (exact) mass is 301 g/mol. The van der Waals surface area contributed by atoms with Crippen molar-refractivity contribution in [2.75, 3.05) is 17.3 Å². The van der Waals surface area contributed by atoms with E-state index in [9.17, 15) is 0 Å². The highest BCUT2D eigenvalue weighted by Crippen LogP contribution is 2.27. The maximum absolute atomic E-state index is 5.28. The minimum atomic E-state index is 0.195. The Balaban J connectivity index is 2.75. The Labute approximate surface area is 111 Å². The summed E-state index contributed by atoms with van der Waals surface area (Å²) in [5.74, 6) is 7.02. The van der Waals surface area contributed by atoms with E-state index in [1.807, 2.05) is 0 Å². The van der Waals surface area contributed by atoms with Crippen molar-refractivity contribution in [3.63, 3.8) is 0 Å². The van der Waals surface area contributed by atoms with Crippen molar-refractivity contribution in [1.29, 1.82) is 0 Å². The summed E-state index contributed by atoms with van der Waals surface area (Å²) in [7, 11) is 0. The standard InChI is InChI=1S/C11H20BrN5/c1-7(2)11(3,4)6-15-9-8(12)5-14-10(16-9)17-13/h5,7H,6,13H2,1-4H3,(H2,14,15,16,17). The molecule has 0 saturated heterocycles. The van der Waals surface area contributed by atoms with E-state index in [0.29, 0.717) is 11.9 Å². The second kappa shape index (κ2) is 5.64. The number of nitrogen functional groups attached to an aromatic ring is 1. The Hall–Kier alpha value is -0.880. The van der Waals surface area contributed by atoms with Gasteiger partial charge in [-0.25, -0.2) is 10.8 Å². The van der Waals surface area contributed by atoms with Gasteiger partial charge < -0.3 is 5.32 Å². The van der Waals surface area contributed by atoms with Gasteiger partial charge in [-0.2, -0.15) is 4.98 Å². The first kappa shape index (κ1) is 14.2. The molecule has 1 heterocycles. The lowest BCUT2D eigenvalue weighted by atomic mass is 9.81. The maximum Gasteiger partial charge on any atom is 0.239 e. The molecule has 0 aliphatic carbocycles. The summed E-state index contributed by atoms with van der Waals surface area (Å²) >= 11 is 3.41. The molecule has 96 valence electrons. The van der Waals surface area contributed by atoms with Crippen LogP contribution in [-0.2, 0) is 0 Å². The van der Waals surface area contributed by atoms with Crippen molar-refractivity contribution in [2.45, 2.75) is 27.7 Å². The number of anilines is 2. The lowest BCUT2D eigenvalue weighted by Crippen LogP contribution is -2.29. The molecule has 0 fully saturated rings. The molecule has 0 aliphatic rings. The van der Waals surface area contributed by atoms with Crippen LogP contribution in [0, 0.1) is 11.3 Å². The summed E-state index contributed by atoms with van der Waals surface area (Å²) in [6.07, 6.45) is 1.67. The molecular formula is C11H20BrN5. The highest BCUT2D eigenvalue weighted by Gasteiger charge is 2.22. The zero-order chi connectivity index (χ0) is 13.1. The molecule has 4 N–H and O–H groups in total. The normalized spacial score (nSPS) is 11.7. The van der Waals surface area contributed by atoms with Gasteiger partial charge in [0.1, 0.15) is 5.82 Å². The number of hydrogen-bond donors (Lipinski definition) is 3. The van der Waals surface area contributed by atoms with E-state index in [4.69, 9.17) is 5.84 Å². The van der Waals surface area contributed by atoms with E-state index in [1.165, 1.54) is 0 Å². The molecule has 0 radical (unpaired) electrons. The average molecular weight is 302 g/mol. The zero-order valence-corrected chi connectivity index (χ0v) is 12.3. The number of hydrazine groups is 1. The quantitative estimate of drug-likeness (QED) is 0.576. The summed E-state index contributed by atoms with van der Waals surface area (Å²) in [4.78, 5) is 8.25. The number of aromatic nitrogens is 2. The number of nitrogens with two attached hydrogens (primary N) is 1. The van der Waals surface area contributed by atoms with Gasteiger partial charge in [-0.05, 0) is 27.3 Å². The van der Waals surface area contributed by atoms with Crippen LogP contribution >= 0.6 is 15.9 Å². The van der Waals surface area contributed by atoms with Crippen molar-refractivity contribution in [2.24, 2.45) is 17.2 Å². The molecule has 0 spiro atoms. The second-order valence-electron chi connectivity index (χ2n) is 5.03. The van der Waals surface area contributed by atoms with Crippen molar-refractivity contribution < 1.29 is 0 Å². The minimum Gasteiger partial charge on any atom is -0.368 e. The van der Waals surface area contributed by atoms with Gasteiger partial charge in [0.2, 0.25) is 5.95 Å². The SMILES string of the molecule is CC(C)C(C)(C)CNc1nc(NN)ncc1Br. The van der Waals surface area contributed by atoms with Crippen molar-refractivity contribution in [3.05, 3.63) is 10.7 Å². The fraction of sp³-hybridized carbons (Fsp3) is 0.636. The van der Waals surface area contributed by atoms with Crippen molar-refractivity contribution in [1.82, 2.24) is 9.97 Å². The Morgan fingerprint density at radius 2 is 2.12 bits per heavy atom. The van der Waals surface area contributed by atoms with Gasteiger partial charge >= 0.3 is 0 Å². The van der Waals surface area contributed by atoms with Gasteiger partial charge in [-0.1, -0.05) is 27.7 Å². The van der Waals surface area contributed by atoms with Crippen LogP contribution in [0.1, 0.15) is 27.7 Å². The average Bonchev–Trinajstić information content (AvgIpc) is 2.28. The van der Waals surface area contributed by atoms with Crippen molar-refractivity contribution >= 4 is 27.7 Å². The Morgan fingerprint density at radius 3 is 2.65 bits per heavy atom. The van der Waals surface area contributed by atoms with Gasteiger partial charge in [-0.3, -0.25) is 5.43 Å². The van der Waals surface area contributed by atoms with Gasteiger partial charge in [0.15, 0.2) is 0 Å². The van der Waals surface area contributed by atoms with Crippen LogP contribution in [0.15, 0.2) is 10.7 Å². The molecule has 0 amide bonds. The van der Waals surface area contributed by atoms with Crippen LogP contribution < -0.4 is 16.6 Å². The van der Waals surface area contributed by atoms with E-state index >= 15 is 0 Å². The number of nitrogens with zero attached hydrogens (tertiary/aromatic N) is 2. The first-order valence-electron chi connectivity index (χ1n) is 5.60. The molecule has 0 atom stereocenters. The van der Waals surface area contributed by atoms with Crippen molar-refractivity contribution in [3.8, 4) is 0 Å². The first-order valence-corrected chi connectivity index (χ1v) is 6.39. The Bertz CT molecular complexity index is 378. The van der Waals surface area contributed by atoms with E-state index in [-0.39, 0.29) is 5.41 Å². The summed E-state index contributed by atoms with van der Waals surface area (Å²) in [6.45, 7) is 9.71. The number of rotatable bonds is 5. The third-order valence-corrected chi connectivity index (χ3v) is 3.73. The van der Waals surface area contributed by atoms with Crippen LogP contribution in [0.25, 0.3) is 0 Å². The Kier molecular flexibility index (Phi) is 4.70. The fourth-order valence-electron chi connectivity index (χ4n) is 1.08. The smallest absolute Gasteiger partial charge is 0.239 e. The molecule has 1 aromatic heterocycles. The molecule has 1 rings (SSSR count). The maximum atomic E-state index is 5.28. The molecule has 0 aliphatic heterocycles. The molecule has 0 saturated carbocycles. The number of hydrogen-bond acceptors (Lipinski definition) is 5. The third kappa shape index (κ3) is 3.81. The minimum absolute atomic E-state index is 0.195. The molecule has 0 bridgehead atoms. The summed E-state index contributed by atoms with van der Waals surface area (Å²) in [6, 6.07) is 0. The fourth-order valence-corrected chi connectivity index (χ4v) is 1.41. The Morgan fingerprint density at radius 1 is 1.47 bits per heavy atom. The topological polar surface area (TPSA) is 75.9 Å². The lowest BCUT2D eigenvalue weighted by molar-refractivity contribution is 0.269. The second-order valence-corrected chi connectivity index (χ2v) is 5.89. The molecule has 6 heteroatoms. The molecule has 1 aromatic rings. The predicted octanol–water partition coefficient (Wildman–Crippen LogP) is 2.62. The van der Waals surface area contributed by atoms with Crippen LogP contribution in [0.2, 0.25) is 0 Å². The third-order valence-electron chi connectivity index (χ3n) is 3.15. The molecule has 0 unspecified atom stereocenters. The van der Waals surface area contributed by atoms with E-state index in [2.05, 4.69) is 64.3 Å². The summed E-state index contributed by atoms with van der Waals surface area (Å²) in [5, 5.41) is 3.32. The van der Waals surface area contributed by atoms with Crippen LogP contribution in [0.5, 0.6) is 0 Å². The molecular weight excluding hydrogens is 282 g/mol. The highest BCUT2D eigenvalue weighted by molar-refractivity contribution is 9.10. The van der Waals surface area contributed by atoms with E-state index in [1.54, 1.807) is 6.20 Å². The molecule has 5 nitrogen and oxygen atoms in total. The van der Waals surface area contributed by atoms with E-state index in [0.717, 1.165) is 16.8 Å². The van der Waals surface area contributed by atoms with Gasteiger partial charge in [0, 0.05) is 12.7 Å². The number of halogens is 1. The lowest BCUT2D eigenvalue weighted by Gasteiger charge is -2.29. The zero-order valence-electron chi connectivity index (χ0n) is 10.7. The van der Waals surface area contributed by atoms with Crippen LogP contribution in [0.4, 0.5) is 11.8 Å².